The van der Waals surface area contributed by atoms with Crippen molar-refractivity contribution in [3.05, 3.63) is 239 Å². The van der Waals surface area contributed by atoms with Crippen LogP contribution in [0.4, 0.5) is 0 Å². The van der Waals surface area contributed by atoms with Crippen LogP contribution in [0.15, 0.2) is 194 Å². The first-order chi connectivity index (χ1) is 32.6. The zero-order valence-corrected chi connectivity index (χ0v) is 40.1. The summed E-state index contributed by atoms with van der Waals surface area (Å²) in [6.45, 7) is 17.4. The zero-order chi connectivity index (χ0) is 47.8. The topological polar surface area (TPSA) is 102 Å². The minimum atomic E-state index is -0.435. The maximum Gasteiger partial charge on any atom is 0.147 e. The van der Waals surface area contributed by atoms with E-state index in [1.807, 2.05) is 109 Å². The van der Waals surface area contributed by atoms with Gasteiger partial charge < -0.3 is 10.2 Å². The molecule has 0 unspecified atom stereocenters. The summed E-state index contributed by atoms with van der Waals surface area (Å²) in [6, 6.07) is 65.3. The van der Waals surface area contributed by atoms with Crippen molar-refractivity contribution in [1.29, 1.82) is 0 Å². The Hall–Kier alpha value is -7.84. The molecule has 8 nitrogen and oxygen atoms in total. The fourth-order valence-electron chi connectivity index (χ4n) is 9.22. The van der Waals surface area contributed by atoms with Crippen LogP contribution < -0.4 is 0 Å². The number of hydrogen-bond acceptors (Lipinski definition) is 6. The van der Waals surface area contributed by atoms with E-state index in [1.165, 1.54) is 11.1 Å². The maximum absolute atomic E-state index is 11.6. The van der Waals surface area contributed by atoms with Gasteiger partial charge in [0.1, 0.15) is 44.9 Å². The summed E-state index contributed by atoms with van der Waals surface area (Å²) >= 11 is 0. The summed E-state index contributed by atoms with van der Waals surface area (Å²) in [6.07, 6.45) is 0. The summed E-state index contributed by atoms with van der Waals surface area (Å²) in [7, 11) is 0. The Balaban J connectivity index is 0.000000170. The molecule has 2 heterocycles. The lowest BCUT2D eigenvalue weighted by Gasteiger charge is -2.32. The molecule has 0 aliphatic heterocycles. The molecule has 0 bridgehead atoms. The summed E-state index contributed by atoms with van der Waals surface area (Å²) < 4.78 is 0. The number of rotatable bonds is 10. The molecule has 8 aromatic carbocycles. The molecule has 340 valence electrons. The SMILES string of the molecule is CC(C)(c1ccccc1)c1cc(-n2nc3ccccc3n2)c(O)c(C(C)(C)c2ccccc2)c1.CC(C)(c1ccccc1)c1cc(-n2nc3ccccc3n2)c(O)c(C(C)(C)c2ccccc2)c1. The monoisotopic (exact) mass is 894 g/mol. The highest BCUT2D eigenvalue weighted by molar-refractivity contribution is 5.75. The zero-order valence-electron chi connectivity index (χ0n) is 40.1. The standard InChI is InChI=1S/2C30H29N3O/c2*1-29(2,21-13-7-5-8-14-21)23-19-24(30(3,4)22-15-9-6-10-16-22)28(34)27(20-23)33-31-25-17-11-12-18-26(25)32-33/h2*5-20,34H,1-4H3. The number of fused-ring (bicyclic) bond motifs is 2. The van der Waals surface area contributed by atoms with Gasteiger partial charge in [-0.05, 0) is 69.8 Å². The molecule has 0 saturated heterocycles. The smallest absolute Gasteiger partial charge is 0.147 e. The van der Waals surface area contributed by atoms with Gasteiger partial charge in [0.25, 0.3) is 0 Å². The van der Waals surface area contributed by atoms with Crippen LogP contribution in [0.1, 0.15) is 99.9 Å². The Labute approximate surface area is 399 Å². The van der Waals surface area contributed by atoms with E-state index < -0.39 is 10.8 Å². The van der Waals surface area contributed by atoms with Crippen LogP contribution >= 0.6 is 0 Å². The highest BCUT2D eigenvalue weighted by Gasteiger charge is 2.34. The summed E-state index contributed by atoms with van der Waals surface area (Å²) in [4.78, 5) is 3.13. The Kier molecular flexibility index (Phi) is 11.8. The Morgan fingerprint density at radius 1 is 0.294 bits per heavy atom. The van der Waals surface area contributed by atoms with Gasteiger partial charge in [-0.15, -0.1) is 30.0 Å². The molecule has 0 radical (unpaired) electrons. The van der Waals surface area contributed by atoms with Gasteiger partial charge in [0.2, 0.25) is 0 Å². The van der Waals surface area contributed by atoms with Crippen molar-refractivity contribution in [3.8, 4) is 22.9 Å². The van der Waals surface area contributed by atoms with E-state index >= 15 is 0 Å². The molecule has 0 spiro atoms. The third-order valence-electron chi connectivity index (χ3n) is 14.0. The van der Waals surface area contributed by atoms with Crippen LogP contribution in [0, 0.1) is 0 Å². The fourth-order valence-corrected chi connectivity index (χ4v) is 9.22. The Morgan fingerprint density at radius 3 is 0.794 bits per heavy atom. The largest absolute Gasteiger partial charge is 0.505 e. The number of benzene rings is 8. The number of aromatic hydroxyl groups is 2. The maximum atomic E-state index is 11.6. The molecule has 10 rings (SSSR count). The second-order valence-corrected chi connectivity index (χ2v) is 19.7. The number of phenolic OH excluding ortho intramolecular Hbond substituents is 2. The Morgan fingerprint density at radius 2 is 0.529 bits per heavy atom. The molecular weight excluding hydrogens is 837 g/mol. The van der Waals surface area contributed by atoms with E-state index in [2.05, 4.69) is 161 Å². The van der Waals surface area contributed by atoms with Gasteiger partial charge in [0.05, 0.1) is 0 Å². The molecule has 2 aromatic heterocycles. The van der Waals surface area contributed by atoms with Crippen LogP contribution in [0.25, 0.3) is 33.4 Å². The van der Waals surface area contributed by atoms with Crippen LogP contribution in [-0.4, -0.2) is 40.2 Å². The number of phenols is 2. The number of aromatic nitrogens is 6. The van der Waals surface area contributed by atoms with Gasteiger partial charge in [0, 0.05) is 32.8 Å². The van der Waals surface area contributed by atoms with Gasteiger partial charge in [-0.3, -0.25) is 0 Å². The highest BCUT2D eigenvalue weighted by Crippen LogP contribution is 2.46. The lowest BCUT2D eigenvalue weighted by Crippen LogP contribution is -2.24. The van der Waals surface area contributed by atoms with Crippen molar-refractivity contribution in [2.24, 2.45) is 0 Å². The van der Waals surface area contributed by atoms with Crippen molar-refractivity contribution in [2.75, 3.05) is 0 Å². The molecule has 8 heteroatoms. The van der Waals surface area contributed by atoms with E-state index in [0.717, 1.165) is 55.4 Å². The van der Waals surface area contributed by atoms with E-state index in [0.29, 0.717) is 11.4 Å². The first kappa shape index (κ1) is 45.3. The minimum Gasteiger partial charge on any atom is -0.505 e. The molecule has 0 aliphatic carbocycles. The van der Waals surface area contributed by atoms with Crippen molar-refractivity contribution >= 4 is 22.1 Å². The van der Waals surface area contributed by atoms with Gasteiger partial charge in [-0.2, -0.15) is 0 Å². The quantitative estimate of drug-likeness (QED) is 0.142. The van der Waals surface area contributed by atoms with E-state index in [-0.39, 0.29) is 22.3 Å². The lowest BCUT2D eigenvalue weighted by atomic mass is 9.72. The van der Waals surface area contributed by atoms with Crippen molar-refractivity contribution in [3.63, 3.8) is 0 Å². The number of nitrogens with zero attached hydrogens (tertiary/aromatic N) is 6. The molecule has 0 atom stereocenters. The van der Waals surface area contributed by atoms with Gasteiger partial charge in [0.15, 0.2) is 0 Å². The third kappa shape index (κ3) is 8.43. The molecule has 0 amide bonds. The predicted octanol–water partition coefficient (Wildman–Crippen LogP) is 13.6. The van der Waals surface area contributed by atoms with E-state index in [1.54, 1.807) is 9.59 Å². The molecular formula is C60H58N6O2. The molecule has 0 fully saturated rings. The first-order valence-electron chi connectivity index (χ1n) is 23.2. The van der Waals surface area contributed by atoms with E-state index in [4.69, 9.17) is 0 Å². The van der Waals surface area contributed by atoms with Crippen molar-refractivity contribution in [1.82, 2.24) is 30.0 Å². The summed E-state index contributed by atoms with van der Waals surface area (Å²) in [5, 5.41) is 42.0. The summed E-state index contributed by atoms with van der Waals surface area (Å²) in [5.74, 6) is 0.392. The number of hydrogen-bond donors (Lipinski definition) is 2. The van der Waals surface area contributed by atoms with E-state index in [9.17, 15) is 10.2 Å². The lowest BCUT2D eigenvalue weighted by molar-refractivity contribution is 0.444. The summed E-state index contributed by atoms with van der Waals surface area (Å²) in [5.41, 5.74) is 11.4. The molecule has 68 heavy (non-hydrogen) atoms. The minimum absolute atomic E-state index is 0.196. The second-order valence-electron chi connectivity index (χ2n) is 19.7. The van der Waals surface area contributed by atoms with Crippen molar-refractivity contribution in [2.45, 2.75) is 77.0 Å². The average molecular weight is 895 g/mol. The molecule has 0 aliphatic rings. The van der Waals surface area contributed by atoms with Gasteiger partial charge in [-0.25, -0.2) is 0 Å². The normalized spacial score (nSPS) is 12.2. The Bertz CT molecular complexity index is 3060. The molecule has 10 aromatic rings. The van der Waals surface area contributed by atoms with Crippen LogP contribution in [-0.2, 0) is 21.7 Å². The van der Waals surface area contributed by atoms with Gasteiger partial charge in [-0.1, -0.05) is 213 Å². The average Bonchev–Trinajstić information content (AvgIpc) is 4.00. The molecule has 2 N–H and O–H groups in total. The highest BCUT2D eigenvalue weighted by atomic mass is 16.3. The first-order valence-corrected chi connectivity index (χ1v) is 23.2. The van der Waals surface area contributed by atoms with Crippen LogP contribution in [0.5, 0.6) is 11.5 Å². The van der Waals surface area contributed by atoms with Crippen LogP contribution in [0.2, 0.25) is 0 Å². The third-order valence-corrected chi connectivity index (χ3v) is 14.0. The van der Waals surface area contributed by atoms with Gasteiger partial charge >= 0.3 is 0 Å². The predicted molar refractivity (Wildman–Crippen MR) is 275 cm³/mol. The fraction of sp³-hybridized carbons (Fsp3) is 0.200. The second kappa shape index (κ2) is 17.8. The van der Waals surface area contributed by atoms with Crippen molar-refractivity contribution < 1.29 is 10.2 Å². The van der Waals surface area contributed by atoms with Crippen LogP contribution in [0.3, 0.4) is 0 Å². The molecule has 0 saturated carbocycles.